The molecule has 0 aromatic carbocycles. The predicted octanol–water partition coefficient (Wildman–Crippen LogP) is 5.38. The first-order valence-corrected chi connectivity index (χ1v) is 18.3. The van der Waals surface area contributed by atoms with E-state index in [0.29, 0.717) is 6.42 Å². The number of ether oxygens (including phenoxy) is 2. The van der Waals surface area contributed by atoms with Crippen molar-refractivity contribution in [3.05, 3.63) is 84.7 Å². The highest BCUT2D eigenvalue weighted by atomic mass is 16.5. The molecular weight excluding hydrogens is 628 g/mol. The molecule has 3 aliphatic heterocycles. The highest BCUT2D eigenvalue weighted by molar-refractivity contribution is 5.88. The molecule has 1 fully saturated rings. The van der Waals surface area contributed by atoms with E-state index in [-0.39, 0.29) is 42.8 Å². The Kier molecular flexibility index (Phi) is 10.1. The Morgan fingerprint density at radius 3 is 2.44 bits per heavy atom. The molecule has 1 aliphatic carbocycles. The molecule has 6 atom stereocenters. The lowest BCUT2D eigenvalue weighted by molar-refractivity contribution is -0.147. The Labute approximate surface area is 295 Å². The van der Waals surface area contributed by atoms with E-state index in [1.54, 1.807) is 0 Å². The second kappa shape index (κ2) is 14.2. The molecule has 1 saturated heterocycles. The van der Waals surface area contributed by atoms with Gasteiger partial charge in [-0.25, -0.2) is 0 Å². The van der Waals surface area contributed by atoms with Gasteiger partial charge in [-0.15, -0.1) is 0 Å². The van der Waals surface area contributed by atoms with Crippen molar-refractivity contribution in [2.75, 3.05) is 13.7 Å². The molecule has 268 valence electrons. The number of aromatic nitrogens is 2. The molecule has 9 heteroatoms. The van der Waals surface area contributed by atoms with Crippen molar-refractivity contribution >= 4 is 29.7 Å². The fourth-order valence-electron chi connectivity index (χ4n) is 8.64. The third-order valence-corrected chi connectivity index (χ3v) is 11.9. The van der Waals surface area contributed by atoms with Crippen LogP contribution in [0.25, 0.3) is 17.7 Å². The summed E-state index contributed by atoms with van der Waals surface area (Å²) in [4.78, 5) is 33.9. The molecule has 0 radical (unpaired) electrons. The molecule has 8 bridgehead atoms. The number of carbonyl (C=O) groups is 2. The van der Waals surface area contributed by atoms with Gasteiger partial charge in [-0.05, 0) is 111 Å². The van der Waals surface area contributed by atoms with Crippen molar-refractivity contribution in [3.8, 4) is 0 Å². The third kappa shape index (κ3) is 6.08. The summed E-state index contributed by atoms with van der Waals surface area (Å²) < 4.78 is 10.9. The summed E-state index contributed by atoms with van der Waals surface area (Å²) >= 11 is 0. The van der Waals surface area contributed by atoms with Crippen LogP contribution in [0, 0.1) is 37.5 Å². The minimum Gasteiger partial charge on any atom is -0.468 e. The minimum atomic E-state index is -1.07. The van der Waals surface area contributed by atoms with Crippen molar-refractivity contribution < 1.29 is 24.2 Å². The molecule has 0 spiro atoms. The smallest absolute Gasteiger partial charge is 0.315 e. The van der Waals surface area contributed by atoms with Crippen molar-refractivity contribution in [2.45, 2.75) is 99.6 Å². The lowest BCUT2D eigenvalue weighted by Crippen LogP contribution is -2.37. The second-order valence-corrected chi connectivity index (χ2v) is 14.5. The van der Waals surface area contributed by atoms with Gasteiger partial charge >= 0.3 is 11.9 Å². The average molecular weight is 683 g/mol. The van der Waals surface area contributed by atoms with E-state index >= 15 is 0 Å². The summed E-state index contributed by atoms with van der Waals surface area (Å²) in [5.41, 5.74) is 12.7. The van der Waals surface area contributed by atoms with E-state index < -0.39 is 18.0 Å². The van der Waals surface area contributed by atoms with Crippen LogP contribution in [0.4, 0.5) is 0 Å². The van der Waals surface area contributed by atoms with Crippen LogP contribution in [-0.4, -0.2) is 46.8 Å². The van der Waals surface area contributed by atoms with Gasteiger partial charge in [-0.1, -0.05) is 33.3 Å². The van der Waals surface area contributed by atoms with E-state index in [9.17, 15) is 14.7 Å². The fourth-order valence-corrected chi connectivity index (χ4v) is 8.64. The van der Waals surface area contributed by atoms with Gasteiger partial charge in [0.2, 0.25) is 0 Å². The molecule has 0 saturated carbocycles. The van der Waals surface area contributed by atoms with Gasteiger partial charge in [0.1, 0.15) is 12.5 Å². The molecule has 6 rings (SSSR count). The first-order valence-electron chi connectivity index (χ1n) is 18.3. The predicted molar refractivity (Wildman–Crippen MR) is 197 cm³/mol. The van der Waals surface area contributed by atoms with E-state index in [1.165, 1.54) is 35.1 Å². The van der Waals surface area contributed by atoms with Crippen LogP contribution in [0.3, 0.4) is 0 Å². The summed E-state index contributed by atoms with van der Waals surface area (Å²) in [6.45, 7) is 17.3. The maximum Gasteiger partial charge on any atom is 0.315 e. The number of hydrogen-bond acceptors (Lipinski definition) is 7. The molecule has 2 aromatic heterocycles. The van der Waals surface area contributed by atoms with Crippen molar-refractivity contribution in [1.29, 1.82) is 0 Å². The van der Waals surface area contributed by atoms with Crippen LogP contribution < -0.4 is 21.3 Å². The molecule has 4 aliphatic rings. The van der Waals surface area contributed by atoms with Crippen molar-refractivity contribution in [1.82, 2.24) is 20.6 Å². The van der Waals surface area contributed by atoms with Crippen LogP contribution in [0.1, 0.15) is 107 Å². The van der Waals surface area contributed by atoms with Crippen LogP contribution in [0.2, 0.25) is 0 Å². The number of allylic oxidation sites excluding steroid dienone is 4. The first-order chi connectivity index (χ1) is 23.9. The minimum absolute atomic E-state index is 0.0231. The van der Waals surface area contributed by atoms with E-state index in [4.69, 9.17) is 9.47 Å². The molecule has 5 heterocycles. The summed E-state index contributed by atoms with van der Waals surface area (Å²) in [6, 6.07) is -0.338. The van der Waals surface area contributed by atoms with Crippen molar-refractivity contribution in [3.63, 3.8) is 0 Å². The zero-order valence-corrected chi connectivity index (χ0v) is 31.1. The maximum absolute atomic E-state index is 13.5. The van der Waals surface area contributed by atoms with Gasteiger partial charge in [-0.2, -0.15) is 0 Å². The second-order valence-electron chi connectivity index (χ2n) is 14.5. The monoisotopic (exact) mass is 682 g/mol. The van der Waals surface area contributed by atoms with Gasteiger partial charge in [0, 0.05) is 63.0 Å². The van der Waals surface area contributed by atoms with Gasteiger partial charge in [0.15, 0.2) is 0 Å². The van der Waals surface area contributed by atoms with Crippen LogP contribution in [-0.2, 0) is 25.5 Å². The number of esters is 2. The zero-order valence-electron chi connectivity index (χ0n) is 31.1. The van der Waals surface area contributed by atoms with E-state index in [1.807, 2.05) is 19.9 Å². The lowest BCUT2D eigenvalue weighted by atomic mass is 9.80. The number of aliphatic hydroxyl groups excluding tert-OH is 1. The van der Waals surface area contributed by atoms with Gasteiger partial charge in [-0.3, -0.25) is 9.59 Å². The number of nitrogens with one attached hydrogen (secondary N) is 4. The Bertz CT molecular complexity index is 1950. The van der Waals surface area contributed by atoms with Gasteiger partial charge in [0.25, 0.3) is 0 Å². The topological polar surface area (TPSA) is 128 Å². The number of carbonyl (C=O) groups excluding carboxylic acids is 2. The molecule has 5 N–H and O–H groups in total. The normalized spacial score (nSPS) is 28.3. The summed E-state index contributed by atoms with van der Waals surface area (Å²) in [5, 5.41) is 21.1. The number of aromatic amines is 2. The Morgan fingerprint density at radius 2 is 1.76 bits per heavy atom. The maximum atomic E-state index is 13.5. The average Bonchev–Trinajstić information content (AvgIpc) is 3.84. The first kappa shape index (κ1) is 35.6. The SMILES string of the molecule is CC/C(C)=C/COC(=O)CC[C@@H]1C2N/C(=C\C3=C(C)[C@@H](CC)/C(=C/c4[nH]c(c(CC)c4C)/C=c4\[nH]c5c(c4C)[C@H](O)[C@H](C(=O)OC)C=52)N3)[C@H]1C. The number of rotatable bonds is 9. The fraction of sp³-hybridized carbons (Fsp3) is 0.512. The van der Waals surface area contributed by atoms with Gasteiger partial charge < -0.3 is 35.2 Å². The quantitative estimate of drug-likeness (QED) is 0.178. The molecule has 0 amide bonds. The molecule has 1 unspecified atom stereocenters. The number of aliphatic hydroxyl groups is 1. The van der Waals surface area contributed by atoms with Crippen LogP contribution in [0.15, 0.2) is 40.4 Å². The highest BCUT2D eigenvalue weighted by Crippen LogP contribution is 2.45. The van der Waals surface area contributed by atoms with Crippen molar-refractivity contribution in [2.24, 2.45) is 23.7 Å². The Hall–Kier alpha value is -4.24. The molecule has 2 aromatic rings. The van der Waals surface area contributed by atoms with E-state index in [2.05, 4.69) is 80.4 Å². The zero-order chi connectivity index (χ0) is 36.0. The molecular formula is C41H54N4O5. The summed E-state index contributed by atoms with van der Waals surface area (Å²) in [5.74, 6) is -1.40. The standard InChI is InChI=1S/C41H54N4O5/c1-10-20(4)15-16-50-34(46)14-13-27-23(7)30-17-28-21(5)25(11-2)32(42-28)18-29-22(6)26(12-3)33(43-29)19-31-24(8)35-39(45-31)36(38(27)44-30)37(40(35)47)41(48)49-9/h15,17-19,23,25,27,37-38,40,42-45,47H,10-14,16H2,1-9H3/b20-15+,30-17-,31-19-,32-18-/t23-,25+,27-,37+,38?,40-/m0/s1. The summed E-state index contributed by atoms with van der Waals surface area (Å²) in [6.07, 6.45) is 11.0. The number of methoxy groups -OCH3 is 1. The van der Waals surface area contributed by atoms with Crippen LogP contribution >= 0.6 is 0 Å². The third-order valence-electron chi connectivity index (χ3n) is 11.9. The van der Waals surface area contributed by atoms with Crippen LogP contribution in [0.5, 0.6) is 0 Å². The lowest BCUT2D eigenvalue weighted by Gasteiger charge is -2.27. The van der Waals surface area contributed by atoms with Gasteiger partial charge in [0.05, 0.1) is 19.3 Å². The highest BCUT2D eigenvalue weighted by Gasteiger charge is 2.49. The molecule has 50 heavy (non-hydrogen) atoms. The summed E-state index contributed by atoms with van der Waals surface area (Å²) in [7, 11) is 1.37. The Balaban J connectivity index is 1.55. The largest absolute Gasteiger partial charge is 0.468 e. The Morgan fingerprint density at radius 1 is 1.00 bits per heavy atom. The number of H-pyrrole nitrogens is 2. The number of hydrogen-bond donors (Lipinski definition) is 5. The molecule has 9 nitrogen and oxygen atoms in total. The van der Waals surface area contributed by atoms with E-state index in [0.717, 1.165) is 69.4 Å². The number of fused-ring (bicyclic) bond motifs is 8.